The molecule has 0 aliphatic rings. The van der Waals surface area contributed by atoms with E-state index < -0.39 is 5.82 Å². The molecule has 1 aromatic heterocycles. The van der Waals surface area contributed by atoms with Crippen LogP contribution < -0.4 is 15.9 Å². The first-order chi connectivity index (χ1) is 12.6. The molecule has 0 radical (unpaired) electrons. The monoisotopic (exact) mass is 373 g/mol. The molecule has 0 fully saturated rings. The number of halogens is 1. The van der Waals surface area contributed by atoms with E-state index in [0.717, 1.165) is 17.3 Å². The van der Waals surface area contributed by atoms with Crippen LogP contribution in [-0.4, -0.2) is 33.6 Å². The number of methoxy groups -OCH3 is 1. The third kappa shape index (κ3) is 3.94. The number of aromatic nitrogens is 3. The van der Waals surface area contributed by atoms with Crippen molar-refractivity contribution in [3.63, 3.8) is 0 Å². The molecule has 26 heavy (non-hydrogen) atoms. The number of hydrogen-bond donors (Lipinski definition) is 2. The lowest BCUT2D eigenvalue weighted by molar-refractivity contribution is -0.113. The van der Waals surface area contributed by atoms with E-state index in [1.807, 2.05) is 18.2 Å². The average Bonchev–Trinajstić information content (AvgIpc) is 3.02. The lowest BCUT2D eigenvalue weighted by atomic mass is 10.2. The van der Waals surface area contributed by atoms with Crippen molar-refractivity contribution in [2.45, 2.75) is 5.16 Å². The van der Waals surface area contributed by atoms with Gasteiger partial charge in [0.2, 0.25) is 11.1 Å². The van der Waals surface area contributed by atoms with Gasteiger partial charge < -0.3 is 15.9 Å². The Hall–Kier alpha value is -3.07. The minimum absolute atomic E-state index is 0.0157. The van der Waals surface area contributed by atoms with Gasteiger partial charge in [-0.1, -0.05) is 36.0 Å². The zero-order valence-corrected chi connectivity index (χ0v) is 14.7. The zero-order chi connectivity index (χ0) is 18.5. The molecule has 2 aromatic carbocycles. The van der Waals surface area contributed by atoms with Gasteiger partial charge in [0.1, 0.15) is 11.6 Å². The van der Waals surface area contributed by atoms with Crippen LogP contribution in [0.25, 0.3) is 11.4 Å². The van der Waals surface area contributed by atoms with Crippen molar-refractivity contribution >= 4 is 23.4 Å². The highest BCUT2D eigenvalue weighted by molar-refractivity contribution is 7.99. The molecule has 0 aliphatic heterocycles. The highest BCUT2D eigenvalue weighted by Gasteiger charge is 2.15. The fraction of sp³-hybridized carbons (Fsp3) is 0.118. The van der Waals surface area contributed by atoms with Gasteiger partial charge in [-0.3, -0.25) is 4.79 Å². The summed E-state index contributed by atoms with van der Waals surface area (Å²) in [4.78, 5) is 12.0. The molecule has 3 N–H and O–H groups in total. The number of para-hydroxylation sites is 1. The van der Waals surface area contributed by atoms with Crippen LogP contribution in [0.15, 0.2) is 53.7 Å². The molecule has 0 atom stereocenters. The maximum Gasteiger partial charge on any atom is 0.234 e. The van der Waals surface area contributed by atoms with Gasteiger partial charge in [-0.2, -0.15) is 0 Å². The third-order valence-corrected chi connectivity index (χ3v) is 4.42. The summed E-state index contributed by atoms with van der Waals surface area (Å²) in [7, 11) is 1.57. The molecule has 3 aromatic rings. The van der Waals surface area contributed by atoms with Crippen molar-refractivity contribution in [1.82, 2.24) is 14.9 Å². The molecule has 0 unspecified atom stereocenters. The van der Waals surface area contributed by atoms with E-state index in [2.05, 4.69) is 15.5 Å². The van der Waals surface area contributed by atoms with Crippen molar-refractivity contribution in [1.29, 1.82) is 0 Å². The van der Waals surface area contributed by atoms with Crippen molar-refractivity contribution < 1.29 is 13.9 Å². The average molecular weight is 373 g/mol. The SMILES string of the molecule is COc1cccc(-c2nnc(SCC(=O)Nc3ccccc3F)n2N)c1. The number of hydrogen-bond acceptors (Lipinski definition) is 6. The van der Waals surface area contributed by atoms with Gasteiger partial charge in [0, 0.05) is 5.56 Å². The van der Waals surface area contributed by atoms with Gasteiger partial charge >= 0.3 is 0 Å². The second kappa shape index (κ2) is 7.87. The molecule has 1 heterocycles. The van der Waals surface area contributed by atoms with Crippen LogP contribution in [-0.2, 0) is 4.79 Å². The molecule has 0 aliphatic carbocycles. The number of amides is 1. The number of nitrogens with two attached hydrogens (primary N) is 1. The number of nitrogen functional groups attached to an aromatic ring is 1. The Labute approximate surface area is 153 Å². The van der Waals surface area contributed by atoms with Crippen molar-refractivity contribution in [3.8, 4) is 17.1 Å². The predicted molar refractivity (Wildman–Crippen MR) is 97.9 cm³/mol. The number of thioether (sulfide) groups is 1. The molecule has 134 valence electrons. The Morgan fingerprint density at radius 3 is 2.85 bits per heavy atom. The summed E-state index contributed by atoms with van der Waals surface area (Å²) < 4.78 is 20.0. The number of rotatable bonds is 6. The molecule has 0 saturated heterocycles. The number of carbonyl (C=O) groups excluding carboxylic acids is 1. The van der Waals surface area contributed by atoms with Crippen molar-refractivity contribution in [2.75, 3.05) is 24.0 Å². The van der Waals surface area contributed by atoms with Crippen LogP contribution in [0, 0.1) is 5.82 Å². The van der Waals surface area contributed by atoms with E-state index in [0.29, 0.717) is 16.7 Å². The number of nitrogens with zero attached hydrogens (tertiary/aromatic N) is 3. The van der Waals surface area contributed by atoms with Gasteiger partial charge in [-0.05, 0) is 24.3 Å². The third-order valence-electron chi connectivity index (χ3n) is 3.47. The largest absolute Gasteiger partial charge is 0.497 e. The lowest BCUT2D eigenvalue weighted by Crippen LogP contribution is -2.17. The normalized spacial score (nSPS) is 10.5. The Kier molecular flexibility index (Phi) is 5.37. The number of ether oxygens (including phenoxy) is 1. The minimum atomic E-state index is -0.492. The number of carbonyl (C=O) groups is 1. The quantitative estimate of drug-likeness (QED) is 0.509. The molecule has 3 rings (SSSR count). The molecule has 0 spiro atoms. The predicted octanol–water partition coefficient (Wildman–Crippen LogP) is 2.54. The fourth-order valence-corrected chi connectivity index (χ4v) is 2.87. The molecular weight excluding hydrogens is 357 g/mol. The van der Waals surface area contributed by atoms with Crippen molar-refractivity contribution in [2.24, 2.45) is 0 Å². The fourth-order valence-electron chi connectivity index (χ4n) is 2.21. The van der Waals surface area contributed by atoms with Crippen LogP contribution in [0.1, 0.15) is 0 Å². The Morgan fingerprint density at radius 1 is 1.27 bits per heavy atom. The molecule has 0 bridgehead atoms. The van der Waals surface area contributed by atoms with Crippen LogP contribution in [0.4, 0.5) is 10.1 Å². The zero-order valence-electron chi connectivity index (χ0n) is 13.8. The first-order valence-corrected chi connectivity index (χ1v) is 8.59. The highest BCUT2D eigenvalue weighted by atomic mass is 32.2. The maximum absolute atomic E-state index is 13.6. The van der Waals surface area contributed by atoms with E-state index in [-0.39, 0.29) is 17.3 Å². The van der Waals surface area contributed by atoms with Gasteiger partial charge in [0.15, 0.2) is 5.82 Å². The summed E-state index contributed by atoms with van der Waals surface area (Å²) in [6.45, 7) is 0. The molecule has 7 nitrogen and oxygen atoms in total. The van der Waals surface area contributed by atoms with E-state index in [1.165, 1.54) is 16.8 Å². The van der Waals surface area contributed by atoms with Gasteiger partial charge in [-0.15, -0.1) is 10.2 Å². The summed E-state index contributed by atoms with van der Waals surface area (Å²) in [6, 6.07) is 13.2. The summed E-state index contributed by atoms with van der Waals surface area (Å²) in [5, 5.41) is 10.9. The van der Waals surface area contributed by atoms with E-state index in [4.69, 9.17) is 10.6 Å². The van der Waals surface area contributed by atoms with E-state index in [1.54, 1.807) is 25.3 Å². The van der Waals surface area contributed by atoms with Crippen LogP contribution in [0.5, 0.6) is 5.75 Å². The number of nitrogens with one attached hydrogen (secondary N) is 1. The minimum Gasteiger partial charge on any atom is -0.497 e. The summed E-state index contributed by atoms with van der Waals surface area (Å²) in [5.74, 6) is 6.30. The standard InChI is InChI=1S/C17H16FN5O2S/c1-25-12-6-4-5-11(9-12)16-21-22-17(23(16)19)26-10-15(24)20-14-8-3-2-7-13(14)18/h2-9H,10,19H2,1H3,(H,20,24). The Balaban J connectivity index is 1.67. The maximum atomic E-state index is 13.6. The molecule has 0 saturated carbocycles. The van der Waals surface area contributed by atoms with Crippen LogP contribution in [0.3, 0.4) is 0 Å². The molecule has 9 heteroatoms. The van der Waals surface area contributed by atoms with Gasteiger partial charge in [0.25, 0.3) is 0 Å². The lowest BCUT2D eigenvalue weighted by Gasteiger charge is -2.07. The number of benzene rings is 2. The van der Waals surface area contributed by atoms with Crippen LogP contribution in [0.2, 0.25) is 0 Å². The molecular formula is C17H16FN5O2S. The van der Waals surface area contributed by atoms with Crippen molar-refractivity contribution in [3.05, 3.63) is 54.3 Å². The van der Waals surface area contributed by atoms with E-state index in [9.17, 15) is 9.18 Å². The summed E-state index contributed by atoms with van der Waals surface area (Å²) in [5.41, 5.74) is 0.867. The first kappa shape index (κ1) is 17.7. The second-order valence-electron chi connectivity index (χ2n) is 5.22. The Bertz CT molecular complexity index is 931. The summed E-state index contributed by atoms with van der Waals surface area (Å²) >= 11 is 1.10. The Morgan fingerprint density at radius 2 is 2.08 bits per heavy atom. The van der Waals surface area contributed by atoms with Gasteiger partial charge in [0.05, 0.1) is 18.6 Å². The first-order valence-electron chi connectivity index (χ1n) is 7.60. The second-order valence-corrected chi connectivity index (χ2v) is 6.17. The number of anilines is 1. The topological polar surface area (TPSA) is 95.1 Å². The molecule has 1 amide bonds. The van der Waals surface area contributed by atoms with Crippen LogP contribution >= 0.6 is 11.8 Å². The smallest absolute Gasteiger partial charge is 0.234 e. The highest BCUT2D eigenvalue weighted by Crippen LogP contribution is 2.24. The van der Waals surface area contributed by atoms with E-state index >= 15 is 0 Å². The summed E-state index contributed by atoms with van der Waals surface area (Å²) in [6.07, 6.45) is 0. The van der Waals surface area contributed by atoms with Gasteiger partial charge in [-0.25, -0.2) is 9.07 Å².